The van der Waals surface area contributed by atoms with Gasteiger partial charge in [0.25, 0.3) is 0 Å². The van der Waals surface area contributed by atoms with Crippen LogP contribution in [0.3, 0.4) is 0 Å². The van der Waals surface area contributed by atoms with E-state index in [1.54, 1.807) is 0 Å². The number of unbranched alkanes of at least 4 members (excludes halogenated alkanes) is 38. The van der Waals surface area contributed by atoms with Crippen LogP contribution in [0.5, 0.6) is 0 Å². The molecule has 95 heavy (non-hydrogen) atoms. The Bertz CT molecular complexity index is 1870. The Morgan fingerprint density at radius 3 is 0.747 bits per heavy atom. The molecule has 3 unspecified atom stereocenters. The maximum absolute atomic E-state index is 13.0. The fourth-order valence-corrected chi connectivity index (χ4v) is 13.1. The molecular formula is C76H148O17P2. The number of phosphoric acid groups is 2. The minimum Gasteiger partial charge on any atom is -0.462 e. The molecule has 0 amide bonds. The van der Waals surface area contributed by atoms with Crippen molar-refractivity contribution in [3.8, 4) is 0 Å². The Morgan fingerprint density at radius 1 is 0.295 bits per heavy atom. The smallest absolute Gasteiger partial charge is 0.462 e. The molecule has 0 bridgehead atoms. The molecule has 0 aliphatic carbocycles. The SMILES string of the molecule is CCC(C)CCCCCCCCCCCCCCCCC(=O)O[C@H](COC(=O)CCCCCCCCC(C)C)COP(=O)(O)OC[C@H](O)COP(=O)(O)OC[C@@H](COC(=O)CCCCCCCCCCCCCCCCCC(C)C)OC(=O)CCCCCCCCCC(C)C. The lowest BCUT2D eigenvalue weighted by atomic mass is 9.99. The van der Waals surface area contributed by atoms with Gasteiger partial charge < -0.3 is 33.8 Å². The highest BCUT2D eigenvalue weighted by Crippen LogP contribution is 2.45. The van der Waals surface area contributed by atoms with E-state index < -0.39 is 97.5 Å². The highest BCUT2D eigenvalue weighted by atomic mass is 31.2. The quantitative estimate of drug-likeness (QED) is 0.0222. The second-order valence-corrected chi connectivity index (χ2v) is 32.0. The first kappa shape index (κ1) is 93.1. The molecule has 0 aliphatic rings. The third-order valence-corrected chi connectivity index (χ3v) is 19.8. The average molecular weight is 1400 g/mol. The Hall–Kier alpha value is -1.94. The van der Waals surface area contributed by atoms with Gasteiger partial charge in [-0.2, -0.15) is 0 Å². The molecule has 0 radical (unpaired) electrons. The van der Waals surface area contributed by atoms with Crippen molar-refractivity contribution < 1.29 is 80.2 Å². The van der Waals surface area contributed by atoms with Gasteiger partial charge in [0.1, 0.15) is 19.3 Å². The fourth-order valence-electron chi connectivity index (χ4n) is 11.5. The van der Waals surface area contributed by atoms with Crippen LogP contribution in [0.1, 0.15) is 383 Å². The van der Waals surface area contributed by atoms with E-state index in [9.17, 15) is 43.2 Å². The van der Waals surface area contributed by atoms with Crippen LogP contribution in [0.2, 0.25) is 0 Å². The van der Waals surface area contributed by atoms with Crippen LogP contribution in [-0.4, -0.2) is 96.7 Å². The summed E-state index contributed by atoms with van der Waals surface area (Å²) in [6.07, 6.45) is 50.2. The van der Waals surface area contributed by atoms with Crippen molar-refractivity contribution in [3.63, 3.8) is 0 Å². The number of phosphoric ester groups is 2. The zero-order valence-corrected chi connectivity index (χ0v) is 64.1. The largest absolute Gasteiger partial charge is 0.472 e. The second-order valence-electron chi connectivity index (χ2n) is 29.1. The summed E-state index contributed by atoms with van der Waals surface area (Å²) in [4.78, 5) is 72.7. The van der Waals surface area contributed by atoms with E-state index in [1.807, 2.05) is 0 Å². The molecule has 0 aliphatic heterocycles. The number of carbonyl (C=O) groups excluding carboxylic acids is 4. The van der Waals surface area contributed by atoms with Crippen molar-refractivity contribution in [1.29, 1.82) is 0 Å². The monoisotopic (exact) mass is 1400 g/mol. The number of esters is 4. The number of ether oxygens (including phenoxy) is 4. The molecule has 0 spiro atoms. The summed E-state index contributed by atoms with van der Waals surface area (Å²) < 4.78 is 68.4. The standard InChI is InChI=1S/C76H148O17P2/c1-9-69(8)55-47-39-30-24-20-16-13-14-18-22-26-32-42-50-58-75(80)92-72(63-87-74(79)57-49-41-35-34-38-46-54-68(6)7)65-91-95(84,85)89-61-70(77)60-88-94(82,83)90-64-71(93-76(81)59-51-43-33-27-29-37-45-53-67(4)5)62-86-73(78)56-48-40-31-25-21-17-12-10-11-15-19-23-28-36-44-52-66(2)3/h66-72,77H,9-65H2,1-8H3,(H,82,83)(H,84,85)/t69?,70-,71-,72-/m1/s1. The molecule has 6 atom stereocenters. The lowest BCUT2D eigenvalue weighted by Crippen LogP contribution is -2.30. The molecule has 0 rings (SSSR count). The topological polar surface area (TPSA) is 237 Å². The van der Waals surface area contributed by atoms with Crippen LogP contribution in [0, 0.1) is 23.7 Å². The van der Waals surface area contributed by atoms with Gasteiger partial charge >= 0.3 is 39.5 Å². The minimum atomic E-state index is -4.96. The summed E-state index contributed by atoms with van der Waals surface area (Å²) in [7, 11) is -9.91. The van der Waals surface area contributed by atoms with Crippen LogP contribution < -0.4 is 0 Å². The number of carbonyl (C=O) groups is 4. The highest BCUT2D eigenvalue weighted by molar-refractivity contribution is 7.47. The third-order valence-electron chi connectivity index (χ3n) is 17.9. The predicted molar refractivity (Wildman–Crippen MR) is 386 cm³/mol. The molecule has 0 heterocycles. The number of aliphatic hydroxyl groups is 1. The lowest BCUT2D eigenvalue weighted by Gasteiger charge is -2.21. The second kappa shape index (κ2) is 65.4. The molecule has 0 saturated heterocycles. The van der Waals surface area contributed by atoms with Crippen LogP contribution >= 0.6 is 15.6 Å². The Kier molecular flexibility index (Phi) is 64.0. The van der Waals surface area contributed by atoms with Crippen molar-refractivity contribution in [3.05, 3.63) is 0 Å². The van der Waals surface area contributed by atoms with E-state index in [1.165, 1.54) is 180 Å². The first-order valence-electron chi connectivity index (χ1n) is 39.2. The molecule has 0 aromatic carbocycles. The van der Waals surface area contributed by atoms with Crippen molar-refractivity contribution >= 4 is 39.5 Å². The van der Waals surface area contributed by atoms with Crippen LogP contribution in [0.25, 0.3) is 0 Å². The van der Waals surface area contributed by atoms with Crippen molar-refractivity contribution in [1.82, 2.24) is 0 Å². The maximum atomic E-state index is 13.0. The van der Waals surface area contributed by atoms with Gasteiger partial charge in [0.05, 0.1) is 26.4 Å². The summed E-state index contributed by atoms with van der Waals surface area (Å²) in [6, 6.07) is 0. The molecule has 17 nitrogen and oxygen atoms in total. The molecule has 0 aromatic heterocycles. The van der Waals surface area contributed by atoms with E-state index in [2.05, 4.69) is 55.4 Å². The molecule has 564 valence electrons. The van der Waals surface area contributed by atoms with E-state index in [-0.39, 0.29) is 25.7 Å². The molecule has 19 heteroatoms. The van der Waals surface area contributed by atoms with Gasteiger partial charge in [0, 0.05) is 25.7 Å². The minimum absolute atomic E-state index is 0.103. The van der Waals surface area contributed by atoms with E-state index >= 15 is 0 Å². The summed E-state index contributed by atoms with van der Waals surface area (Å²) in [6.45, 7) is 14.1. The van der Waals surface area contributed by atoms with Gasteiger partial charge in [-0.05, 0) is 49.4 Å². The molecular weight excluding hydrogens is 1250 g/mol. The maximum Gasteiger partial charge on any atom is 0.472 e. The Balaban J connectivity index is 5.16. The van der Waals surface area contributed by atoms with Gasteiger partial charge in [0.15, 0.2) is 12.2 Å². The zero-order chi connectivity index (χ0) is 70.3. The van der Waals surface area contributed by atoms with Crippen LogP contribution in [0.15, 0.2) is 0 Å². The number of hydrogen-bond acceptors (Lipinski definition) is 15. The predicted octanol–water partition coefficient (Wildman–Crippen LogP) is 22.0. The normalized spacial score (nSPS) is 14.4. The molecule has 0 aromatic rings. The summed E-state index contributed by atoms with van der Waals surface area (Å²) in [5.41, 5.74) is 0. The third kappa shape index (κ3) is 69.0. The zero-order valence-electron chi connectivity index (χ0n) is 62.3. The molecule has 0 fully saturated rings. The van der Waals surface area contributed by atoms with E-state index in [4.69, 9.17) is 37.0 Å². The van der Waals surface area contributed by atoms with Gasteiger partial charge in [-0.15, -0.1) is 0 Å². The molecule has 3 N–H and O–H groups in total. The van der Waals surface area contributed by atoms with Gasteiger partial charge in [-0.3, -0.25) is 37.3 Å². The van der Waals surface area contributed by atoms with Crippen molar-refractivity contribution in [2.24, 2.45) is 23.7 Å². The summed E-state index contributed by atoms with van der Waals surface area (Å²) >= 11 is 0. The van der Waals surface area contributed by atoms with Gasteiger partial charge in [-0.1, -0.05) is 331 Å². The van der Waals surface area contributed by atoms with Crippen molar-refractivity contribution in [2.75, 3.05) is 39.6 Å². The van der Waals surface area contributed by atoms with Crippen LogP contribution in [-0.2, 0) is 65.4 Å². The first-order valence-corrected chi connectivity index (χ1v) is 42.2. The Labute approximate surface area is 581 Å². The summed E-state index contributed by atoms with van der Waals surface area (Å²) in [5, 5.41) is 10.6. The van der Waals surface area contributed by atoms with Gasteiger partial charge in [0.2, 0.25) is 0 Å². The lowest BCUT2D eigenvalue weighted by molar-refractivity contribution is -0.161. The van der Waals surface area contributed by atoms with Gasteiger partial charge in [-0.25, -0.2) is 9.13 Å². The first-order chi connectivity index (χ1) is 45.6. The highest BCUT2D eigenvalue weighted by Gasteiger charge is 2.30. The van der Waals surface area contributed by atoms with E-state index in [0.717, 1.165) is 108 Å². The average Bonchev–Trinajstić information content (AvgIpc) is 2.00. The van der Waals surface area contributed by atoms with Crippen molar-refractivity contribution in [2.45, 2.75) is 401 Å². The number of aliphatic hydroxyl groups excluding tert-OH is 1. The molecule has 0 saturated carbocycles. The number of rotatable bonds is 73. The Morgan fingerprint density at radius 2 is 0.505 bits per heavy atom. The number of hydrogen-bond donors (Lipinski definition) is 3. The van der Waals surface area contributed by atoms with E-state index in [0.29, 0.717) is 37.5 Å². The summed E-state index contributed by atoms with van der Waals surface area (Å²) in [5.74, 6) is 0.902. The van der Waals surface area contributed by atoms with Crippen LogP contribution in [0.4, 0.5) is 0 Å². The fraction of sp³-hybridized carbons (Fsp3) is 0.947.